The fraction of sp³-hybridized carbons (Fsp3) is 0. The van der Waals surface area contributed by atoms with E-state index in [1.54, 1.807) is 0 Å². The van der Waals surface area contributed by atoms with Crippen LogP contribution >= 0.6 is 12.2 Å². The van der Waals surface area contributed by atoms with Crippen LogP contribution in [0.25, 0.3) is 0 Å². The molecule has 0 radical (unpaired) electrons. The van der Waals surface area contributed by atoms with Gasteiger partial charge in [-0.3, -0.25) is 0 Å². The van der Waals surface area contributed by atoms with Gasteiger partial charge in [-0.05, 0) is 18.2 Å². The molecule has 58 valence electrons. The average molecular weight is 169 g/mol. The predicted octanol–water partition coefficient (Wildman–Crippen LogP) is 0.732. The van der Waals surface area contributed by atoms with Crippen molar-refractivity contribution in [3.63, 3.8) is 0 Å². The zero-order chi connectivity index (χ0) is 8.43. The van der Waals surface area contributed by atoms with Gasteiger partial charge in [0, 0.05) is 0 Å². The van der Waals surface area contributed by atoms with Crippen LogP contribution < -0.4 is 5.73 Å². The molecule has 1 rings (SSSR count). The molecule has 0 saturated heterocycles. The van der Waals surface area contributed by atoms with Crippen LogP contribution in [0.3, 0.4) is 0 Å². The molecule has 11 heavy (non-hydrogen) atoms. The van der Waals surface area contributed by atoms with E-state index in [1.807, 2.05) is 0 Å². The molecule has 0 aliphatic carbocycles. The summed E-state index contributed by atoms with van der Waals surface area (Å²) >= 11 is 4.62. The van der Waals surface area contributed by atoms with Gasteiger partial charge < -0.3 is 15.9 Å². The molecule has 0 amide bonds. The van der Waals surface area contributed by atoms with Gasteiger partial charge in [-0.15, -0.1) is 0 Å². The third kappa shape index (κ3) is 1.59. The largest absolute Gasteiger partial charge is 0.508 e. The maximum absolute atomic E-state index is 9.13. The molecule has 0 atom stereocenters. The van der Waals surface area contributed by atoms with Gasteiger partial charge in [-0.1, -0.05) is 12.2 Å². The van der Waals surface area contributed by atoms with Gasteiger partial charge in [0.05, 0.1) is 5.56 Å². The van der Waals surface area contributed by atoms with Gasteiger partial charge in [-0.25, -0.2) is 0 Å². The maximum atomic E-state index is 9.13. The Hall–Kier alpha value is -1.29. The van der Waals surface area contributed by atoms with Crippen molar-refractivity contribution in [2.45, 2.75) is 0 Å². The van der Waals surface area contributed by atoms with Gasteiger partial charge in [-0.2, -0.15) is 0 Å². The summed E-state index contributed by atoms with van der Waals surface area (Å²) in [4.78, 5) is 0.0680. The molecule has 0 aromatic heterocycles. The number of nitrogens with two attached hydrogens (primary N) is 1. The van der Waals surface area contributed by atoms with Crippen LogP contribution in [0, 0.1) is 0 Å². The van der Waals surface area contributed by atoms with Crippen molar-refractivity contribution in [3.05, 3.63) is 23.8 Å². The molecular formula is C7H7NO2S. The van der Waals surface area contributed by atoms with Gasteiger partial charge in [0.25, 0.3) is 0 Å². The first-order valence-electron chi connectivity index (χ1n) is 2.93. The molecule has 1 aromatic rings. The lowest BCUT2D eigenvalue weighted by molar-refractivity contribution is 0.459. The second-order valence-corrected chi connectivity index (χ2v) is 2.51. The second kappa shape index (κ2) is 2.75. The predicted molar refractivity (Wildman–Crippen MR) is 45.7 cm³/mol. The molecule has 0 aliphatic rings. The Labute approximate surface area is 69.1 Å². The summed E-state index contributed by atoms with van der Waals surface area (Å²) in [6, 6.07) is 4.01. The molecule has 1 aromatic carbocycles. The van der Waals surface area contributed by atoms with Crippen molar-refractivity contribution in [3.8, 4) is 11.5 Å². The Bertz CT molecular complexity index is 298. The fourth-order valence-electron chi connectivity index (χ4n) is 0.721. The Morgan fingerprint density at radius 1 is 1.36 bits per heavy atom. The number of hydrogen-bond acceptors (Lipinski definition) is 3. The highest BCUT2D eigenvalue weighted by Crippen LogP contribution is 2.21. The highest BCUT2D eigenvalue weighted by molar-refractivity contribution is 7.80. The number of aromatic hydroxyl groups is 2. The molecule has 0 bridgehead atoms. The third-order valence-electron chi connectivity index (χ3n) is 1.25. The lowest BCUT2D eigenvalue weighted by atomic mass is 10.2. The van der Waals surface area contributed by atoms with Gasteiger partial charge in [0.1, 0.15) is 16.5 Å². The van der Waals surface area contributed by atoms with Crippen molar-refractivity contribution in [2.24, 2.45) is 5.73 Å². The first-order valence-corrected chi connectivity index (χ1v) is 3.34. The monoisotopic (exact) mass is 169 g/mol. The molecule has 0 heterocycles. The minimum atomic E-state index is -0.0182. The highest BCUT2D eigenvalue weighted by atomic mass is 32.1. The topological polar surface area (TPSA) is 66.5 Å². The summed E-state index contributed by atoms with van der Waals surface area (Å²) in [6.45, 7) is 0. The molecule has 0 fully saturated rings. The first-order chi connectivity index (χ1) is 5.11. The standard InChI is InChI=1S/C7H7NO2S/c8-7(11)5-3-4(9)1-2-6(5)10/h1-3,9-10H,(H2,8,11). The Morgan fingerprint density at radius 3 is 2.45 bits per heavy atom. The van der Waals surface area contributed by atoms with Crippen molar-refractivity contribution in [2.75, 3.05) is 0 Å². The number of phenolic OH excluding ortho intramolecular Hbond substituents is 2. The molecular weight excluding hydrogens is 162 g/mol. The van der Waals surface area contributed by atoms with Crippen LogP contribution in [-0.4, -0.2) is 15.2 Å². The Kier molecular flexibility index (Phi) is 1.96. The molecule has 3 nitrogen and oxygen atoms in total. The van der Waals surface area contributed by atoms with Crippen molar-refractivity contribution in [1.82, 2.24) is 0 Å². The van der Waals surface area contributed by atoms with E-state index in [4.69, 9.17) is 15.9 Å². The minimum Gasteiger partial charge on any atom is -0.508 e. The number of benzene rings is 1. The van der Waals surface area contributed by atoms with E-state index in [0.717, 1.165) is 0 Å². The summed E-state index contributed by atoms with van der Waals surface area (Å²) in [5.41, 5.74) is 5.54. The van der Waals surface area contributed by atoms with E-state index in [2.05, 4.69) is 12.2 Å². The summed E-state index contributed by atoms with van der Waals surface area (Å²) in [5.74, 6) is 0.0147. The van der Waals surface area contributed by atoms with Crippen LogP contribution in [0.5, 0.6) is 11.5 Å². The fourth-order valence-corrected chi connectivity index (χ4v) is 0.885. The van der Waals surface area contributed by atoms with E-state index in [9.17, 15) is 0 Å². The van der Waals surface area contributed by atoms with E-state index in [0.29, 0.717) is 5.56 Å². The third-order valence-corrected chi connectivity index (χ3v) is 1.47. The van der Waals surface area contributed by atoms with Gasteiger partial charge in [0.2, 0.25) is 0 Å². The lowest BCUT2D eigenvalue weighted by Crippen LogP contribution is -2.09. The minimum absolute atomic E-state index is 0.0182. The molecule has 0 aliphatic heterocycles. The molecule has 0 unspecified atom stereocenters. The second-order valence-electron chi connectivity index (χ2n) is 2.07. The summed E-state index contributed by atoms with van der Waals surface area (Å²) < 4.78 is 0. The Morgan fingerprint density at radius 2 is 2.00 bits per heavy atom. The van der Waals surface area contributed by atoms with Gasteiger partial charge in [0.15, 0.2) is 0 Å². The normalized spacial score (nSPS) is 9.45. The number of rotatable bonds is 1. The maximum Gasteiger partial charge on any atom is 0.126 e. The first kappa shape index (κ1) is 7.81. The molecule has 0 saturated carbocycles. The number of thiocarbonyl (C=S) groups is 1. The molecule has 4 N–H and O–H groups in total. The lowest BCUT2D eigenvalue weighted by Gasteiger charge is -2.01. The molecule has 0 spiro atoms. The zero-order valence-corrected chi connectivity index (χ0v) is 6.43. The Balaban J connectivity index is 3.23. The van der Waals surface area contributed by atoms with Crippen molar-refractivity contribution in [1.29, 1.82) is 0 Å². The van der Waals surface area contributed by atoms with Crippen LogP contribution in [-0.2, 0) is 0 Å². The van der Waals surface area contributed by atoms with Gasteiger partial charge >= 0.3 is 0 Å². The van der Waals surface area contributed by atoms with E-state index < -0.39 is 0 Å². The number of hydrogen-bond donors (Lipinski definition) is 3. The zero-order valence-electron chi connectivity index (χ0n) is 5.61. The summed E-state index contributed by atoms with van der Waals surface area (Å²) in [5, 5.41) is 18.1. The van der Waals surface area contributed by atoms with Crippen molar-refractivity contribution < 1.29 is 10.2 Å². The smallest absolute Gasteiger partial charge is 0.126 e. The summed E-state index contributed by atoms with van der Waals surface area (Å²) in [7, 11) is 0. The van der Waals surface area contributed by atoms with E-state index >= 15 is 0 Å². The SMILES string of the molecule is NC(=S)c1cc(O)ccc1O. The van der Waals surface area contributed by atoms with E-state index in [-0.39, 0.29) is 16.5 Å². The summed E-state index contributed by atoms with van der Waals surface area (Å²) in [6.07, 6.45) is 0. The average Bonchev–Trinajstić information content (AvgIpc) is 1.94. The number of phenols is 2. The van der Waals surface area contributed by atoms with Crippen molar-refractivity contribution >= 4 is 17.2 Å². The molecule has 4 heteroatoms. The van der Waals surface area contributed by atoms with Crippen LogP contribution in [0.2, 0.25) is 0 Å². The highest BCUT2D eigenvalue weighted by Gasteiger charge is 2.03. The van der Waals surface area contributed by atoms with Crippen LogP contribution in [0.4, 0.5) is 0 Å². The van der Waals surface area contributed by atoms with Crippen LogP contribution in [0.1, 0.15) is 5.56 Å². The quantitative estimate of drug-likeness (QED) is 0.428. The van der Waals surface area contributed by atoms with E-state index in [1.165, 1.54) is 18.2 Å². The van der Waals surface area contributed by atoms with Crippen LogP contribution in [0.15, 0.2) is 18.2 Å².